The molecule has 0 bridgehead atoms. The van der Waals surface area contributed by atoms with Gasteiger partial charge in [0.25, 0.3) is 0 Å². The van der Waals surface area contributed by atoms with Crippen LogP contribution in [0.3, 0.4) is 0 Å². The smallest absolute Gasteiger partial charge is 0.145 e. The third-order valence-corrected chi connectivity index (χ3v) is 16.8. The molecular formula is C77H50N2. The number of allylic oxidation sites excluding steroid dienone is 1. The summed E-state index contributed by atoms with van der Waals surface area (Å²) in [6.07, 6.45) is 6.48. The van der Waals surface area contributed by atoms with Gasteiger partial charge in [-0.3, -0.25) is 4.57 Å². The van der Waals surface area contributed by atoms with Crippen LogP contribution in [0.1, 0.15) is 17.8 Å². The molecule has 368 valence electrons. The van der Waals surface area contributed by atoms with E-state index in [9.17, 15) is 0 Å². The van der Waals surface area contributed by atoms with E-state index in [2.05, 4.69) is 284 Å². The first kappa shape index (κ1) is 45.1. The predicted molar refractivity (Wildman–Crippen MR) is 336 cm³/mol. The van der Waals surface area contributed by atoms with E-state index < -0.39 is 0 Å². The molecule has 1 heterocycles. The molecule has 1 aliphatic carbocycles. The molecule has 0 aliphatic heterocycles. The molecular weight excluding hydrogens is 953 g/mol. The van der Waals surface area contributed by atoms with E-state index in [1.807, 2.05) is 0 Å². The standard InChI is InChI=1S/C77H50N2/c1-2-20-62(21-3-1)79-72-29-15-14-28-71(72)78-77(79)61-41-37-55-46-59(40-36-56(55)47-61)74-65-24-10-8-22-63(65)73(64-23-9-11-25-66(64)74)52-34-30-51(31-35-52)57-42-43-69-70(48-57)76(60-39-33-50-17-5-7-19-54(50)45-60)68-27-13-12-26-67(68)75(69)58-38-32-49-16-4-6-18-53(49)44-58/h1-13,15-27,29-48H,14,28H2. The average molecular weight is 1000 g/mol. The molecule has 2 heteroatoms. The van der Waals surface area contributed by atoms with E-state index in [0.717, 1.165) is 35.6 Å². The Morgan fingerprint density at radius 1 is 0.278 bits per heavy atom. The molecule has 0 atom stereocenters. The summed E-state index contributed by atoms with van der Waals surface area (Å²) < 4.78 is 2.32. The highest BCUT2D eigenvalue weighted by molar-refractivity contribution is 6.24. The van der Waals surface area contributed by atoms with Gasteiger partial charge in [-0.1, -0.05) is 231 Å². The molecule has 14 aromatic carbocycles. The quantitative estimate of drug-likeness (QED) is 0.146. The molecule has 0 radical (unpaired) electrons. The van der Waals surface area contributed by atoms with Crippen LogP contribution in [0.5, 0.6) is 0 Å². The zero-order chi connectivity index (χ0) is 52.0. The third kappa shape index (κ3) is 7.44. The van der Waals surface area contributed by atoms with E-state index in [-0.39, 0.29) is 0 Å². The Hall–Kier alpha value is -10.2. The molecule has 0 saturated carbocycles. The van der Waals surface area contributed by atoms with Crippen molar-refractivity contribution in [3.63, 3.8) is 0 Å². The second-order valence-electron chi connectivity index (χ2n) is 21.3. The summed E-state index contributed by atoms with van der Waals surface area (Å²) in [6, 6.07) is 99.1. The Balaban J connectivity index is 0.815. The van der Waals surface area contributed by atoms with Gasteiger partial charge in [0.2, 0.25) is 0 Å². The molecule has 1 aromatic heterocycles. The molecule has 15 aromatic rings. The van der Waals surface area contributed by atoms with Gasteiger partial charge >= 0.3 is 0 Å². The number of hydrogen-bond donors (Lipinski definition) is 0. The van der Waals surface area contributed by atoms with Gasteiger partial charge in [-0.05, 0) is 192 Å². The summed E-state index contributed by atoms with van der Waals surface area (Å²) >= 11 is 0. The van der Waals surface area contributed by atoms with Crippen LogP contribution < -0.4 is 0 Å². The van der Waals surface area contributed by atoms with E-state index >= 15 is 0 Å². The van der Waals surface area contributed by atoms with Crippen LogP contribution in [-0.4, -0.2) is 9.55 Å². The van der Waals surface area contributed by atoms with Gasteiger partial charge in [0.05, 0.1) is 11.4 Å². The normalized spacial score (nSPS) is 12.4. The molecule has 79 heavy (non-hydrogen) atoms. The zero-order valence-electron chi connectivity index (χ0n) is 43.4. The fourth-order valence-electron chi connectivity index (χ4n) is 13.1. The Labute approximate surface area is 458 Å². The van der Waals surface area contributed by atoms with Crippen molar-refractivity contribution in [3.05, 3.63) is 284 Å². The number of hydrogen-bond acceptors (Lipinski definition) is 1. The third-order valence-electron chi connectivity index (χ3n) is 16.8. The Morgan fingerprint density at radius 2 is 0.658 bits per heavy atom. The summed E-state index contributed by atoms with van der Waals surface area (Å²) in [6.45, 7) is 0. The average Bonchev–Trinajstić information content (AvgIpc) is 3.92. The van der Waals surface area contributed by atoms with Gasteiger partial charge in [-0.15, -0.1) is 0 Å². The highest BCUT2D eigenvalue weighted by Crippen LogP contribution is 2.48. The lowest BCUT2D eigenvalue weighted by Crippen LogP contribution is -2.01. The highest BCUT2D eigenvalue weighted by atomic mass is 15.1. The van der Waals surface area contributed by atoms with Gasteiger partial charge in [0, 0.05) is 11.3 Å². The predicted octanol–water partition coefficient (Wildman–Crippen LogP) is 20.9. The maximum atomic E-state index is 5.26. The van der Waals surface area contributed by atoms with Gasteiger partial charge in [0.15, 0.2) is 0 Å². The van der Waals surface area contributed by atoms with E-state index in [1.165, 1.54) is 137 Å². The Bertz CT molecular complexity index is 4940. The number of fused-ring (bicyclic) bond motifs is 8. The topological polar surface area (TPSA) is 17.8 Å². The van der Waals surface area contributed by atoms with Crippen LogP contribution in [0.25, 0.3) is 154 Å². The van der Waals surface area contributed by atoms with Crippen molar-refractivity contribution >= 4 is 81.5 Å². The minimum atomic E-state index is 0.953. The van der Waals surface area contributed by atoms with Crippen molar-refractivity contribution in [1.29, 1.82) is 0 Å². The molecule has 0 saturated heterocycles. The van der Waals surface area contributed by atoms with Crippen molar-refractivity contribution in [2.45, 2.75) is 12.8 Å². The molecule has 0 amide bonds. The molecule has 1 aliphatic rings. The molecule has 0 fully saturated rings. The van der Waals surface area contributed by atoms with Crippen LogP contribution in [0.4, 0.5) is 0 Å². The van der Waals surface area contributed by atoms with Crippen LogP contribution >= 0.6 is 0 Å². The van der Waals surface area contributed by atoms with Crippen LogP contribution in [0, 0.1) is 0 Å². The number of aryl methyl sites for hydroxylation is 1. The number of imidazole rings is 1. The first-order chi connectivity index (χ1) is 39.2. The number of rotatable bonds is 7. The lowest BCUT2D eigenvalue weighted by molar-refractivity contribution is 0.936. The van der Waals surface area contributed by atoms with E-state index in [4.69, 9.17) is 4.98 Å². The summed E-state index contributed by atoms with van der Waals surface area (Å²) in [5.41, 5.74) is 16.8. The lowest BCUT2D eigenvalue weighted by Gasteiger charge is -2.20. The summed E-state index contributed by atoms with van der Waals surface area (Å²) in [5.74, 6) is 0.984. The second-order valence-corrected chi connectivity index (χ2v) is 21.3. The SMILES string of the molecule is C1=Cc2c(nc(-c3ccc4cc(-c5c6ccccc6c(-c6ccc(-c7ccc8c(-c9ccc%10ccccc%10c9)c9ccccc9c(-c9ccc%10ccccc%10c9)c8c7)cc6)c6ccccc56)ccc4c3)n2-c2ccccc2)CC1. The van der Waals surface area contributed by atoms with Crippen LogP contribution in [0.15, 0.2) is 273 Å². The van der Waals surface area contributed by atoms with Crippen molar-refractivity contribution in [2.75, 3.05) is 0 Å². The van der Waals surface area contributed by atoms with E-state index in [1.54, 1.807) is 0 Å². The Morgan fingerprint density at radius 3 is 1.20 bits per heavy atom. The maximum absolute atomic E-state index is 5.26. The minimum absolute atomic E-state index is 0.953. The largest absolute Gasteiger partial charge is 0.293 e. The molecule has 0 N–H and O–H groups in total. The summed E-state index contributed by atoms with van der Waals surface area (Å²) in [5, 5.41) is 17.3. The van der Waals surface area contributed by atoms with Crippen molar-refractivity contribution in [2.24, 2.45) is 0 Å². The number of para-hydroxylation sites is 1. The first-order valence-corrected chi connectivity index (χ1v) is 27.6. The van der Waals surface area contributed by atoms with Gasteiger partial charge in [-0.25, -0.2) is 4.98 Å². The van der Waals surface area contributed by atoms with Gasteiger partial charge in [-0.2, -0.15) is 0 Å². The van der Waals surface area contributed by atoms with Crippen LogP contribution in [-0.2, 0) is 6.42 Å². The summed E-state index contributed by atoms with van der Waals surface area (Å²) in [4.78, 5) is 5.26. The molecule has 16 rings (SSSR count). The summed E-state index contributed by atoms with van der Waals surface area (Å²) in [7, 11) is 0. The van der Waals surface area contributed by atoms with Crippen LogP contribution in [0.2, 0.25) is 0 Å². The fourth-order valence-corrected chi connectivity index (χ4v) is 13.1. The highest BCUT2D eigenvalue weighted by Gasteiger charge is 2.23. The first-order valence-electron chi connectivity index (χ1n) is 27.6. The van der Waals surface area contributed by atoms with E-state index in [0.29, 0.717) is 0 Å². The number of nitrogens with zero attached hydrogens (tertiary/aromatic N) is 2. The molecule has 0 spiro atoms. The lowest BCUT2D eigenvalue weighted by atomic mass is 9.84. The van der Waals surface area contributed by atoms with Crippen molar-refractivity contribution in [1.82, 2.24) is 9.55 Å². The monoisotopic (exact) mass is 1000 g/mol. The zero-order valence-corrected chi connectivity index (χ0v) is 43.4. The molecule has 2 nitrogen and oxygen atoms in total. The Kier molecular flexibility index (Phi) is 10.4. The minimum Gasteiger partial charge on any atom is -0.293 e. The fraction of sp³-hybridized carbons (Fsp3) is 0.0260. The van der Waals surface area contributed by atoms with Crippen molar-refractivity contribution in [3.8, 4) is 72.7 Å². The van der Waals surface area contributed by atoms with Crippen molar-refractivity contribution < 1.29 is 0 Å². The number of aromatic nitrogens is 2. The second kappa shape index (κ2) is 18.3. The van der Waals surface area contributed by atoms with Gasteiger partial charge in [0.1, 0.15) is 5.82 Å². The maximum Gasteiger partial charge on any atom is 0.145 e. The van der Waals surface area contributed by atoms with Gasteiger partial charge < -0.3 is 0 Å². The number of benzene rings is 14. The molecule has 0 unspecified atom stereocenters.